The van der Waals surface area contributed by atoms with E-state index in [1.807, 2.05) is 20.3 Å². The van der Waals surface area contributed by atoms with Crippen LogP contribution in [0.5, 0.6) is 0 Å². The van der Waals surface area contributed by atoms with Gasteiger partial charge in [-0.25, -0.2) is 0 Å². The first-order valence-corrected chi connectivity index (χ1v) is 3.70. The Bertz CT molecular complexity index is 8.00. The van der Waals surface area contributed by atoms with Gasteiger partial charge in [0, 0.05) is 17.1 Å². The normalized spacial score (nSPS) is 1.50. The van der Waals surface area contributed by atoms with Crippen molar-refractivity contribution in [3.05, 3.63) is 0 Å². The second kappa shape index (κ2) is 16.6. The van der Waals surface area contributed by atoms with Crippen LogP contribution in [-0.2, 0) is 29.8 Å². The number of hydrogen-bond acceptors (Lipinski definition) is 0. The van der Waals surface area contributed by atoms with Gasteiger partial charge in [-0.15, -0.1) is 0 Å². The molecule has 30 valence electrons. The van der Waals surface area contributed by atoms with Crippen LogP contribution >= 0.6 is 20.3 Å². The van der Waals surface area contributed by atoms with Crippen molar-refractivity contribution in [2.75, 3.05) is 0 Å². The molecule has 1 radical (unpaired) electrons. The van der Waals surface area contributed by atoms with E-state index in [1.54, 1.807) is 0 Å². The molecule has 0 aromatic heterocycles. The Balaban J connectivity index is -0.00000000500. The summed E-state index contributed by atoms with van der Waals surface area (Å²) in [5, 5.41) is 0. The van der Waals surface area contributed by atoms with Crippen LogP contribution in [0.2, 0.25) is 0 Å². The molecule has 0 nitrogen and oxygen atoms in total. The second-order valence-electron chi connectivity index (χ2n) is 0. The molecule has 4 heavy (non-hydrogen) atoms. The van der Waals surface area contributed by atoms with Gasteiger partial charge in [-0.3, -0.25) is 0 Å². The summed E-state index contributed by atoms with van der Waals surface area (Å²) in [5.41, 5.74) is 0. The maximum atomic E-state index is 3.22. The van der Waals surface area contributed by atoms with Crippen LogP contribution in [0.4, 0.5) is 0 Å². The summed E-state index contributed by atoms with van der Waals surface area (Å²) < 4.78 is 0. The zero-order valence-corrected chi connectivity index (χ0v) is 5.24. The number of halogens is 1. The zero-order chi connectivity index (χ0) is 2.00. The third-order valence-corrected chi connectivity index (χ3v) is 0. The fourth-order valence-electron chi connectivity index (χ4n) is 0. The summed E-state index contributed by atoms with van der Waals surface area (Å²) in [6.45, 7) is 0. The Morgan fingerprint density at radius 1 is 1.25 bits per heavy atom. The minimum atomic E-state index is 0. The van der Waals surface area contributed by atoms with Crippen molar-refractivity contribution in [2.24, 2.45) is 0 Å². The molecule has 0 atom stereocenters. The van der Waals surface area contributed by atoms with E-state index in [0.717, 1.165) is 0 Å². The van der Waals surface area contributed by atoms with Crippen LogP contribution in [0.3, 0.4) is 0 Å². The van der Waals surface area contributed by atoms with Gasteiger partial charge in [-0.2, -0.15) is 0 Å². The average Bonchev–Trinajstić information content (AvgIpc) is 1.00. The first-order chi connectivity index (χ1) is 1.00. The quantitative estimate of drug-likeness (QED) is 0.434. The van der Waals surface area contributed by atoms with Gasteiger partial charge in [-0.05, 0) is 0 Å². The summed E-state index contributed by atoms with van der Waals surface area (Å²) in [6.07, 6.45) is 0. The Morgan fingerprint density at radius 2 is 1.25 bits per heavy atom. The second-order valence-corrected chi connectivity index (χ2v) is 0. The monoisotopic (exact) mass is 288 g/mol. The Hall–Kier alpha value is 3.03. The number of hydrogen-bond donors (Lipinski definition) is 0. The predicted octanol–water partition coefficient (Wildman–Crippen LogP) is -0.0355. The average molecular weight is 288 g/mol. The van der Waals surface area contributed by atoms with Crippen molar-refractivity contribution in [3.63, 3.8) is 0 Å². The van der Waals surface area contributed by atoms with E-state index >= 15 is 0 Å². The van der Waals surface area contributed by atoms with Gasteiger partial charge in [0.2, 0.25) is 0 Å². The molecule has 0 amide bonds. The molecule has 0 aromatic rings. The van der Waals surface area contributed by atoms with Crippen LogP contribution in [0, 0.1) is 0 Å². The molecular formula is H2CaCuFeI. The fraction of sp³-hybridized carbons (Fsp3) is 0. The van der Waals surface area contributed by atoms with Crippen molar-refractivity contribution in [1.29, 1.82) is 0 Å². The molecule has 0 saturated carbocycles. The molecule has 0 unspecified atom stereocenters. The maximum absolute atomic E-state index is 3.22. The Morgan fingerprint density at radius 3 is 1.25 bits per heavy atom. The van der Waals surface area contributed by atoms with Crippen LogP contribution in [0.25, 0.3) is 0 Å². The van der Waals surface area contributed by atoms with Gasteiger partial charge in [0.1, 0.15) is 0 Å². The van der Waals surface area contributed by atoms with Crippen LogP contribution in [-0.4, -0.2) is 37.7 Å². The van der Waals surface area contributed by atoms with E-state index in [4.69, 9.17) is 0 Å². The molecule has 0 saturated heterocycles. The molecule has 0 heterocycles. The molecule has 0 spiro atoms. The zero-order valence-electron chi connectivity index (χ0n) is 1.03. The summed E-state index contributed by atoms with van der Waals surface area (Å²) in [7, 11) is 0. The molecule has 0 aliphatic carbocycles. The topological polar surface area (TPSA) is 0 Å². The van der Waals surface area contributed by atoms with Crippen molar-refractivity contribution in [1.82, 2.24) is 0 Å². The van der Waals surface area contributed by atoms with Gasteiger partial charge in [0.25, 0.3) is 0 Å². The van der Waals surface area contributed by atoms with Crippen molar-refractivity contribution in [2.45, 2.75) is 0 Å². The molecule has 0 aliphatic heterocycles. The van der Waals surface area contributed by atoms with Gasteiger partial charge < -0.3 is 0 Å². The summed E-state index contributed by atoms with van der Waals surface area (Å²) >= 11 is 5.12. The Kier molecular flexibility index (Phi) is 65.4. The molecular weight excluding hydrogens is 286 g/mol. The van der Waals surface area contributed by atoms with E-state index in [9.17, 15) is 0 Å². The van der Waals surface area contributed by atoms with Crippen LogP contribution in [0.1, 0.15) is 0 Å². The summed E-state index contributed by atoms with van der Waals surface area (Å²) in [4.78, 5) is 0. The van der Waals surface area contributed by atoms with E-state index in [1.165, 1.54) is 0 Å². The van der Waals surface area contributed by atoms with Crippen molar-refractivity contribution >= 4 is 58.1 Å². The van der Waals surface area contributed by atoms with Crippen LogP contribution in [0.15, 0.2) is 0 Å². The molecule has 0 fully saturated rings. The van der Waals surface area contributed by atoms with Gasteiger partial charge in [-0.1, -0.05) is 0 Å². The van der Waals surface area contributed by atoms with E-state index in [2.05, 4.69) is 12.8 Å². The van der Waals surface area contributed by atoms with Gasteiger partial charge in [0.05, 0.1) is 0 Å². The Labute approximate surface area is 85.9 Å². The standard InChI is InChI=1S/Ca.Cu.Fe.HI.2H/h;;;1H;;/q;;+1;;;/p-1. The molecule has 0 rings (SSSR count). The van der Waals surface area contributed by atoms with Crippen molar-refractivity contribution in [3.8, 4) is 0 Å². The molecule has 0 bridgehead atoms. The number of rotatable bonds is 0. The van der Waals surface area contributed by atoms with E-state index < -0.39 is 0 Å². The van der Waals surface area contributed by atoms with Gasteiger partial charge >= 0.3 is 70.8 Å². The van der Waals surface area contributed by atoms with E-state index in [0.29, 0.717) is 0 Å². The summed E-state index contributed by atoms with van der Waals surface area (Å²) in [5.74, 6) is 0. The fourth-order valence-corrected chi connectivity index (χ4v) is 0. The molecule has 0 aromatic carbocycles. The first-order valence-electron chi connectivity index (χ1n) is 0.134. The molecule has 4 heteroatoms. The predicted molar refractivity (Wildman–Crippen MR) is 22.6 cm³/mol. The van der Waals surface area contributed by atoms with Crippen LogP contribution < -0.4 is 0 Å². The van der Waals surface area contributed by atoms with Gasteiger partial charge in [0.15, 0.2) is 0 Å². The van der Waals surface area contributed by atoms with Crippen molar-refractivity contribution < 1.29 is 29.8 Å². The third kappa shape index (κ3) is 8.90. The first kappa shape index (κ1) is 15.7. The third-order valence-electron chi connectivity index (χ3n) is 0. The summed E-state index contributed by atoms with van der Waals surface area (Å²) in [6, 6.07) is 0. The molecule has 0 aliphatic rings. The van der Waals surface area contributed by atoms with E-state index in [-0.39, 0.29) is 54.8 Å². The minimum absolute atomic E-state index is 0. The molecule has 0 N–H and O–H groups in total. The SMILES string of the molecule is [CaH2].[Cu].[Fe][I].